The second kappa shape index (κ2) is 7.43. The van der Waals surface area contributed by atoms with Crippen LogP contribution in [0.1, 0.15) is 5.56 Å². The molecule has 1 saturated heterocycles. The highest BCUT2D eigenvalue weighted by molar-refractivity contribution is 7.99. The SMILES string of the molecule is O=C(CN1CCSCC1)N/N=C/c1coc2ccccc2c1=O. The zero-order valence-electron chi connectivity index (χ0n) is 12.5. The van der Waals surface area contributed by atoms with E-state index in [-0.39, 0.29) is 11.3 Å². The molecule has 0 aliphatic carbocycles. The van der Waals surface area contributed by atoms with Crippen molar-refractivity contribution in [3.63, 3.8) is 0 Å². The Morgan fingerprint density at radius 1 is 1.35 bits per heavy atom. The lowest BCUT2D eigenvalue weighted by Gasteiger charge is -2.24. The minimum Gasteiger partial charge on any atom is -0.463 e. The number of carbonyl (C=O) groups is 1. The Labute approximate surface area is 137 Å². The molecule has 0 bridgehead atoms. The van der Waals surface area contributed by atoms with Crippen LogP contribution in [-0.4, -0.2) is 48.2 Å². The van der Waals surface area contributed by atoms with Gasteiger partial charge in [0.15, 0.2) is 0 Å². The molecule has 1 N–H and O–H groups in total. The van der Waals surface area contributed by atoms with Crippen molar-refractivity contribution in [2.45, 2.75) is 0 Å². The van der Waals surface area contributed by atoms with Crippen LogP contribution in [0.2, 0.25) is 0 Å². The number of hydrogen-bond donors (Lipinski definition) is 1. The van der Waals surface area contributed by atoms with E-state index in [1.54, 1.807) is 24.3 Å². The van der Waals surface area contributed by atoms with Crippen molar-refractivity contribution in [3.05, 3.63) is 46.3 Å². The Kier molecular flexibility index (Phi) is 5.09. The van der Waals surface area contributed by atoms with Gasteiger partial charge >= 0.3 is 0 Å². The predicted octanol–water partition coefficient (Wildman–Crippen LogP) is 1.29. The van der Waals surface area contributed by atoms with Crippen molar-refractivity contribution >= 4 is 34.9 Å². The van der Waals surface area contributed by atoms with Crippen molar-refractivity contribution in [2.24, 2.45) is 5.10 Å². The lowest BCUT2D eigenvalue weighted by molar-refractivity contribution is -0.122. The topological polar surface area (TPSA) is 74.9 Å². The third-order valence-corrected chi connectivity index (χ3v) is 4.51. The monoisotopic (exact) mass is 331 g/mol. The van der Waals surface area contributed by atoms with Crippen LogP contribution in [-0.2, 0) is 4.79 Å². The number of fused-ring (bicyclic) bond motifs is 1. The van der Waals surface area contributed by atoms with E-state index in [0.717, 1.165) is 24.6 Å². The summed E-state index contributed by atoms with van der Waals surface area (Å²) < 4.78 is 5.39. The van der Waals surface area contributed by atoms with Crippen LogP contribution in [0, 0.1) is 0 Å². The second-order valence-electron chi connectivity index (χ2n) is 5.20. The molecular weight excluding hydrogens is 314 g/mol. The minimum absolute atomic E-state index is 0.169. The summed E-state index contributed by atoms with van der Waals surface area (Å²) in [5, 5.41) is 4.35. The molecule has 7 heteroatoms. The molecule has 1 aromatic heterocycles. The molecule has 1 aliphatic heterocycles. The van der Waals surface area contributed by atoms with Gasteiger partial charge in [0.25, 0.3) is 5.91 Å². The van der Waals surface area contributed by atoms with E-state index in [0.29, 0.717) is 23.1 Å². The van der Waals surface area contributed by atoms with Gasteiger partial charge in [-0.1, -0.05) is 12.1 Å². The van der Waals surface area contributed by atoms with Crippen molar-refractivity contribution in [2.75, 3.05) is 31.1 Å². The molecule has 0 atom stereocenters. The minimum atomic E-state index is -0.182. The van der Waals surface area contributed by atoms with Gasteiger partial charge in [-0.3, -0.25) is 14.5 Å². The van der Waals surface area contributed by atoms with E-state index < -0.39 is 0 Å². The smallest absolute Gasteiger partial charge is 0.254 e. The number of rotatable bonds is 4. The van der Waals surface area contributed by atoms with Gasteiger partial charge in [0.2, 0.25) is 5.43 Å². The summed E-state index contributed by atoms with van der Waals surface area (Å²) in [5.74, 6) is 1.92. The molecule has 1 amide bonds. The molecule has 0 spiro atoms. The molecule has 23 heavy (non-hydrogen) atoms. The van der Waals surface area contributed by atoms with Crippen LogP contribution >= 0.6 is 11.8 Å². The Hall–Kier alpha value is -2.12. The number of nitrogens with one attached hydrogen (secondary N) is 1. The van der Waals surface area contributed by atoms with Crippen molar-refractivity contribution in [1.29, 1.82) is 0 Å². The number of thioether (sulfide) groups is 1. The molecule has 0 unspecified atom stereocenters. The first-order valence-corrected chi connectivity index (χ1v) is 8.52. The predicted molar refractivity (Wildman–Crippen MR) is 92.0 cm³/mol. The van der Waals surface area contributed by atoms with Gasteiger partial charge in [0, 0.05) is 24.6 Å². The molecule has 6 nitrogen and oxygen atoms in total. The van der Waals surface area contributed by atoms with E-state index in [1.165, 1.54) is 12.5 Å². The summed E-state index contributed by atoms with van der Waals surface area (Å²) in [6, 6.07) is 7.01. The maximum Gasteiger partial charge on any atom is 0.254 e. The van der Waals surface area contributed by atoms with E-state index in [2.05, 4.69) is 15.4 Å². The van der Waals surface area contributed by atoms with Crippen molar-refractivity contribution in [3.8, 4) is 0 Å². The Balaban J connectivity index is 1.62. The second-order valence-corrected chi connectivity index (χ2v) is 6.42. The third kappa shape index (κ3) is 4.00. The molecule has 2 heterocycles. The number of hydrogen-bond acceptors (Lipinski definition) is 6. The summed E-state index contributed by atoms with van der Waals surface area (Å²) in [6.07, 6.45) is 2.67. The molecule has 2 aromatic rings. The van der Waals surface area contributed by atoms with Gasteiger partial charge in [0.1, 0.15) is 11.8 Å². The Bertz CT molecular complexity index is 781. The van der Waals surface area contributed by atoms with E-state index in [4.69, 9.17) is 4.42 Å². The van der Waals surface area contributed by atoms with Crippen LogP contribution in [0.3, 0.4) is 0 Å². The Morgan fingerprint density at radius 2 is 2.13 bits per heavy atom. The first-order chi connectivity index (χ1) is 11.2. The fourth-order valence-electron chi connectivity index (χ4n) is 2.35. The van der Waals surface area contributed by atoms with E-state index >= 15 is 0 Å². The van der Waals surface area contributed by atoms with Gasteiger partial charge in [-0.05, 0) is 12.1 Å². The quantitative estimate of drug-likeness (QED) is 0.675. The maximum absolute atomic E-state index is 12.2. The summed E-state index contributed by atoms with van der Waals surface area (Å²) >= 11 is 1.90. The van der Waals surface area contributed by atoms with Gasteiger partial charge in [-0.15, -0.1) is 0 Å². The average Bonchev–Trinajstić information content (AvgIpc) is 2.58. The first kappa shape index (κ1) is 15.8. The molecule has 3 rings (SSSR count). The molecule has 0 radical (unpaired) electrons. The number of nitrogens with zero attached hydrogens (tertiary/aromatic N) is 2. The highest BCUT2D eigenvalue weighted by Crippen LogP contribution is 2.09. The number of para-hydroxylation sites is 1. The molecule has 1 aromatic carbocycles. The number of benzene rings is 1. The van der Waals surface area contributed by atoms with Crippen LogP contribution in [0.25, 0.3) is 11.0 Å². The normalized spacial score (nSPS) is 16.0. The summed E-state index contributed by atoms with van der Waals surface area (Å²) in [4.78, 5) is 26.2. The molecule has 1 aliphatic rings. The zero-order valence-corrected chi connectivity index (χ0v) is 13.3. The van der Waals surface area contributed by atoms with Crippen LogP contribution in [0.5, 0.6) is 0 Å². The molecule has 1 fully saturated rings. The maximum atomic E-state index is 12.2. The third-order valence-electron chi connectivity index (χ3n) is 3.57. The van der Waals surface area contributed by atoms with Crippen molar-refractivity contribution < 1.29 is 9.21 Å². The summed E-state index contributed by atoms with van der Waals surface area (Å²) in [6.45, 7) is 2.15. The summed E-state index contributed by atoms with van der Waals surface area (Å²) in [5.41, 5.74) is 3.12. The van der Waals surface area contributed by atoms with E-state index in [1.807, 2.05) is 11.8 Å². The average molecular weight is 331 g/mol. The van der Waals surface area contributed by atoms with E-state index in [9.17, 15) is 9.59 Å². The van der Waals surface area contributed by atoms with Gasteiger partial charge in [0.05, 0.1) is 23.7 Å². The van der Waals surface area contributed by atoms with Gasteiger partial charge in [-0.2, -0.15) is 16.9 Å². The standard InChI is InChI=1S/C16H17N3O3S/c20-15(10-19-5-7-23-8-6-19)18-17-9-12-11-22-14-4-2-1-3-13(14)16(12)21/h1-4,9,11H,5-8,10H2,(H,18,20)/b17-9+. The molecular formula is C16H17N3O3S. The number of carbonyl (C=O) groups excluding carboxylic acids is 1. The largest absolute Gasteiger partial charge is 0.463 e. The van der Waals surface area contributed by atoms with Gasteiger partial charge < -0.3 is 4.42 Å². The number of hydrazone groups is 1. The highest BCUT2D eigenvalue weighted by Gasteiger charge is 2.13. The molecule has 0 saturated carbocycles. The molecule has 120 valence electrons. The first-order valence-electron chi connectivity index (χ1n) is 7.36. The lowest BCUT2D eigenvalue weighted by Crippen LogP contribution is -2.40. The van der Waals surface area contributed by atoms with Crippen LogP contribution < -0.4 is 10.9 Å². The lowest BCUT2D eigenvalue weighted by atomic mass is 10.2. The number of amides is 1. The van der Waals surface area contributed by atoms with Crippen molar-refractivity contribution in [1.82, 2.24) is 10.3 Å². The summed E-state index contributed by atoms with van der Waals surface area (Å²) in [7, 11) is 0. The van der Waals surface area contributed by atoms with Crippen LogP contribution in [0.4, 0.5) is 0 Å². The van der Waals surface area contributed by atoms with Crippen LogP contribution in [0.15, 0.2) is 44.8 Å². The Morgan fingerprint density at radius 3 is 2.96 bits per heavy atom. The zero-order chi connectivity index (χ0) is 16.1. The fourth-order valence-corrected chi connectivity index (χ4v) is 3.33. The highest BCUT2D eigenvalue weighted by atomic mass is 32.2. The fraction of sp³-hybridized carbons (Fsp3) is 0.312. The van der Waals surface area contributed by atoms with Gasteiger partial charge in [-0.25, -0.2) is 5.43 Å².